The molecule has 1 aliphatic rings. The molecule has 0 aromatic heterocycles. The minimum absolute atomic E-state index is 0.0470. The number of fused-ring (bicyclic) bond motifs is 1. The van der Waals surface area contributed by atoms with E-state index in [0.717, 1.165) is 6.42 Å². The predicted molar refractivity (Wildman–Crippen MR) is 73.9 cm³/mol. The number of nitro groups is 1. The van der Waals surface area contributed by atoms with Gasteiger partial charge in [0.25, 0.3) is 5.69 Å². The lowest BCUT2D eigenvalue weighted by Crippen LogP contribution is -2.21. The van der Waals surface area contributed by atoms with E-state index in [0.29, 0.717) is 24.7 Å². The van der Waals surface area contributed by atoms with Crippen LogP contribution in [0.25, 0.3) is 0 Å². The SMILES string of the molecule is O=[N+]([O-])c1cc2c(cc1NCC(O)CCl)OCCCO2. The number of halogens is 1. The molecule has 7 nitrogen and oxygen atoms in total. The van der Waals surface area contributed by atoms with E-state index in [2.05, 4.69) is 5.32 Å². The molecule has 0 spiro atoms. The Balaban J connectivity index is 2.28. The molecule has 110 valence electrons. The van der Waals surface area contributed by atoms with Crippen LogP contribution in [-0.4, -0.2) is 41.8 Å². The summed E-state index contributed by atoms with van der Waals surface area (Å²) in [5.74, 6) is 0.860. The summed E-state index contributed by atoms with van der Waals surface area (Å²) >= 11 is 5.49. The summed E-state index contributed by atoms with van der Waals surface area (Å²) in [5, 5.41) is 23.3. The molecular formula is C12H15ClN2O5. The molecule has 1 unspecified atom stereocenters. The number of nitrogens with one attached hydrogen (secondary N) is 1. The Morgan fingerprint density at radius 2 is 2.05 bits per heavy atom. The molecule has 0 saturated heterocycles. The van der Waals surface area contributed by atoms with Crippen molar-refractivity contribution in [2.75, 3.05) is 31.0 Å². The second-order valence-corrected chi connectivity index (χ2v) is 4.62. The fraction of sp³-hybridized carbons (Fsp3) is 0.500. The van der Waals surface area contributed by atoms with Crippen molar-refractivity contribution < 1.29 is 19.5 Å². The number of nitrogens with zero attached hydrogens (tertiary/aromatic N) is 1. The molecule has 0 saturated carbocycles. The summed E-state index contributed by atoms with van der Waals surface area (Å²) in [7, 11) is 0. The summed E-state index contributed by atoms with van der Waals surface area (Å²) in [4.78, 5) is 10.6. The molecule has 0 aliphatic carbocycles. The van der Waals surface area contributed by atoms with Crippen LogP contribution in [0.3, 0.4) is 0 Å². The standard InChI is InChI=1S/C12H15ClN2O5/c13-6-8(16)7-14-9-4-11-12(5-10(9)15(17)18)20-3-1-2-19-11/h4-5,8,14,16H,1-3,6-7H2. The first-order chi connectivity index (χ1) is 9.61. The largest absolute Gasteiger partial charge is 0.489 e. The van der Waals surface area contributed by atoms with Crippen molar-refractivity contribution in [1.82, 2.24) is 0 Å². The van der Waals surface area contributed by atoms with E-state index in [1.54, 1.807) is 0 Å². The van der Waals surface area contributed by atoms with Gasteiger partial charge in [0, 0.05) is 19.0 Å². The van der Waals surface area contributed by atoms with E-state index < -0.39 is 11.0 Å². The lowest BCUT2D eigenvalue weighted by molar-refractivity contribution is -0.384. The van der Waals surface area contributed by atoms with E-state index in [9.17, 15) is 15.2 Å². The minimum atomic E-state index is -0.785. The smallest absolute Gasteiger partial charge is 0.296 e. The highest BCUT2D eigenvalue weighted by molar-refractivity contribution is 6.18. The number of rotatable bonds is 5. The Kier molecular flexibility index (Phi) is 4.86. The molecule has 20 heavy (non-hydrogen) atoms. The molecular weight excluding hydrogens is 288 g/mol. The number of hydrogen-bond acceptors (Lipinski definition) is 6. The first-order valence-electron chi connectivity index (χ1n) is 6.17. The van der Waals surface area contributed by atoms with Crippen LogP contribution in [0, 0.1) is 10.1 Å². The second kappa shape index (κ2) is 6.62. The zero-order valence-electron chi connectivity index (χ0n) is 10.7. The fourth-order valence-electron chi connectivity index (χ4n) is 1.77. The van der Waals surface area contributed by atoms with E-state index in [-0.39, 0.29) is 23.8 Å². The quantitative estimate of drug-likeness (QED) is 0.489. The van der Waals surface area contributed by atoms with Gasteiger partial charge in [-0.3, -0.25) is 10.1 Å². The highest BCUT2D eigenvalue weighted by Gasteiger charge is 2.21. The summed E-state index contributed by atoms with van der Waals surface area (Å²) in [6.45, 7) is 1.07. The normalized spacial score (nSPS) is 15.3. The molecule has 8 heteroatoms. The van der Waals surface area contributed by atoms with Gasteiger partial charge in [0.2, 0.25) is 0 Å². The Morgan fingerprint density at radius 1 is 1.40 bits per heavy atom. The van der Waals surface area contributed by atoms with Crippen LogP contribution in [0.15, 0.2) is 12.1 Å². The van der Waals surface area contributed by atoms with Gasteiger partial charge in [-0.25, -0.2) is 0 Å². The van der Waals surface area contributed by atoms with Crippen LogP contribution in [-0.2, 0) is 0 Å². The van der Waals surface area contributed by atoms with Gasteiger partial charge in [-0.2, -0.15) is 0 Å². The Bertz CT molecular complexity index is 497. The van der Waals surface area contributed by atoms with E-state index in [1.165, 1.54) is 12.1 Å². The van der Waals surface area contributed by atoms with E-state index in [4.69, 9.17) is 21.1 Å². The zero-order valence-corrected chi connectivity index (χ0v) is 11.4. The maximum Gasteiger partial charge on any atom is 0.296 e. The first kappa shape index (κ1) is 14.7. The maximum absolute atomic E-state index is 11.1. The average Bonchev–Trinajstić information content (AvgIpc) is 2.67. The van der Waals surface area contributed by atoms with Gasteiger partial charge in [-0.15, -0.1) is 11.6 Å². The van der Waals surface area contributed by atoms with Crippen LogP contribution in [0.2, 0.25) is 0 Å². The molecule has 1 atom stereocenters. The van der Waals surface area contributed by atoms with Crippen molar-refractivity contribution in [1.29, 1.82) is 0 Å². The van der Waals surface area contributed by atoms with E-state index >= 15 is 0 Å². The third-order valence-corrected chi connectivity index (χ3v) is 3.13. The molecule has 2 N–H and O–H groups in total. The fourth-order valence-corrected chi connectivity index (χ4v) is 1.88. The molecule has 0 amide bonds. The topological polar surface area (TPSA) is 93.9 Å². The molecule has 1 heterocycles. The summed E-state index contributed by atoms with van der Waals surface area (Å²) in [6, 6.07) is 2.84. The number of ether oxygens (including phenoxy) is 2. The van der Waals surface area contributed by atoms with Crippen molar-refractivity contribution in [3.8, 4) is 11.5 Å². The Morgan fingerprint density at radius 3 is 2.65 bits per heavy atom. The van der Waals surface area contributed by atoms with Gasteiger partial charge in [0.15, 0.2) is 11.5 Å². The van der Waals surface area contributed by atoms with Crippen LogP contribution in [0.5, 0.6) is 11.5 Å². The third-order valence-electron chi connectivity index (χ3n) is 2.77. The summed E-state index contributed by atoms with van der Waals surface area (Å²) in [6.07, 6.45) is -0.0665. The highest BCUT2D eigenvalue weighted by Crippen LogP contribution is 2.39. The van der Waals surface area contributed by atoms with Crippen molar-refractivity contribution in [3.05, 3.63) is 22.2 Å². The van der Waals surface area contributed by atoms with Crippen molar-refractivity contribution >= 4 is 23.0 Å². The summed E-state index contributed by atoms with van der Waals surface area (Å²) in [5.41, 5.74) is 0.138. The van der Waals surface area contributed by atoms with Gasteiger partial charge in [0.05, 0.1) is 36.2 Å². The van der Waals surface area contributed by atoms with Gasteiger partial charge in [0.1, 0.15) is 5.69 Å². The maximum atomic E-state index is 11.1. The first-order valence-corrected chi connectivity index (χ1v) is 6.71. The molecule has 2 rings (SSSR count). The molecule has 0 radical (unpaired) electrons. The number of benzene rings is 1. The van der Waals surface area contributed by atoms with Crippen molar-refractivity contribution in [2.45, 2.75) is 12.5 Å². The zero-order chi connectivity index (χ0) is 14.5. The number of aliphatic hydroxyl groups is 1. The lowest BCUT2D eigenvalue weighted by atomic mass is 10.2. The monoisotopic (exact) mass is 302 g/mol. The van der Waals surface area contributed by atoms with Gasteiger partial charge in [-0.05, 0) is 0 Å². The van der Waals surface area contributed by atoms with Gasteiger partial charge >= 0.3 is 0 Å². The van der Waals surface area contributed by atoms with Crippen LogP contribution < -0.4 is 14.8 Å². The van der Waals surface area contributed by atoms with Crippen molar-refractivity contribution in [3.63, 3.8) is 0 Å². The van der Waals surface area contributed by atoms with Gasteiger partial charge in [-0.1, -0.05) is 0 Å². The third kappa shape index (κ3) is 3.43. The molecule has 1 aromatic carbocycles. The minimum Gasteiger partial charge on any atom is -0.489 e. The van der Waals surface area contributed by atoms with Gasteiger partial charge < -0.3 is 19.9 Å². The molecule has 1 aliphatic heterocycles. The lowest BCUT2D eigenvalue weighted by Gasteiger charge is -2.13. The Labute approximate surface area is 120 Å². The predicted octanol–water partition coefficient (Wildman–Crippen LogP) is 1.77. The van der Waals surface area contributed by atoms with Crippen LogP contribution in [0.4, 0.5) is 11.4 Å². The molecule has 1 aromatic rings. The van der Waals surface area contributed by atoms with E-state index in [1.807, 2.05) is 0 Å². The Hall–Kier alpha value is -1.73. The highest BCUT2D eigenvalue weighted by atomic mass is 35.5. The number of aliphatic hydroxyl groups excluding tert-OH is 1. The number of nitro benzene ring substituents is 1. The number of alkyl halides is 1. The second-order valence-electron chi connectivity index (χ2n) is 4.31. The van der Waals surface area contributed by atoms with Crippen LogP contribution >= 0.6 is 11.6 Å². The molecule has 0 fully saturated rings. The van der Waals surface area contributed by atoms with Crippen LogP contribution in [0.1, 0.15) is 6.42 Å². The number of hydrogen-bond donors (Lipinski definition) is 2. The van der Waals surface area contributed by atoms with Crippen molar-refractivity contribution in [2.24, 2.45) is 0 Å². The average molecular weight is 303 g/mol. The number of anilines is 1. The molecule has 0 bridgehead atoms. The summed E-state index contributed by atoms with van der Waals surface area (Å²) < 4.78 is 10.9.